The molecule has 4 nitrogen and oxygen atoms in total. The van der Waals surface area contributed by atoms with E-state index in [9.17, 15) is 0 Å². The van der Waals surface area contributed by atoms with Crippen LogP contribution in [0, 0.1) is 0 Å². The molecular formula is C13H17N3O. The molecule has 0 fully saturated rings. The second kappa shape index (κ2) is 5.61. The lowest BCUT2D eigenvalue weighted by Gasteiger charge is -2.24. The molecule has 0 amide bonds. The number of aromatic nitrogens is 1. The third kappa shape index (κ3) is 2.93. The quantitative estimate of drug-likeness (QED) is 0.852. The third-order valence-corrected chi connectivity index (χ3v) is 2.76. The zero-order valence-electron chi connectivity index (χ0n) is 9.91. The van der Waals surface area contributed by atoms with Gasteiger partial charge in [-0.05, 0) is 31.3 Å². The lowest BCUT2D eigenvalue weighted by molar-refractivity contribution is 0.210. The minimum absolute atomic E-state index is 0.0898. The van der Waals surface area contributed by atoms with Gasteiger partial charge in [0.05, 0.1) is 18.0 Å². The predicted molar refractivity (Wildman–Crippen MR) is 66.2 cm³/mol. The van der Waals surface area contributed by atoms with E-state index in [0.29, 0.717) is 6.54 Å². The number of hydrogen-bond donors (Lipinski definition) is 1. The van der Waals surface area contributed by atoms with E-state index >= 15 is 0 Å². The SMILES string of the molecule is CN(Cc1ccccn1)C(CN)c1ccco1. The number of furan rings is 1. The summed E-state index contributed by atoms with van der Waals surface area (Å²) in [7, 11) is 2.02. The fourth-order valence-corrected chi connectivity index (χ4v) is 1.85. The van der Waals surface area contributed by atoms with Crippen molar-refractivity contribution in [1.82, 2.24) is 9.88 Å². The first-order valence-electron chi connectivity index (χ1n) is 5.65. The fraction of sp³-hybridized carbons (Fsp3) is 0.308. The van der Waals surface area contributed by atoms with E-state index in [2.05, 4.69) is 9.88 Å². The Kier molecular flexibility index (Phi) is 3.90. The Morgan fingerprint density at radius 3 is 2.82 bits per heavy atom. The van der Waals surface area contributed by atoms with Gasteiger partial charge in [0.15, 0.2) is 0 Å². The Bertz CT molecular complexity index is 427. The molecule has 1 unspecified atom stereocenters. The molecule has 2 aromatic heterocycles. The van der Waals surface area contributed by atoms with E-state index in [-0.39, 0.29) is 6.04 Å². The van der Waals surface area contributed by atoms with Gasteiger partial charge in [-0.1, -0.05) is 6.07 Å². The van der Waals surface area contributed by atoms with Crippen molar-refractivity contribution in [2.75, 3.05) is 13.6 Å². The normalized spacial score (nSPS) is 12.9. The molecule has 2 aromatic rings. The second-order valence-electron chi connectivity index (χ2n) is 4.00. The van der Waals surface area contributed by atoms with Crippen LogP contribution in [0.15, 0.2) is 47.2 Å². The average Bonchev–Trinajstić information content (AvgIpc) is 2.85. The van der Waals surface area contributed by atoms with Gasteiger partial charge in [0.25, 0.3) is 0 Å². The summed E-state index contributed by atoms with van der Waals surface area (Å²) < 4.78 is 5.40. The van der Waals surface area contributed by atoms with Crippen molar-refractivity contribution in [3.8, 4) is 0 Å². The zero-order chi connectivity index (χ0) is 12.1. The van der Waals surface area contributed by atoms with Crippen LogP contribution in [0.3, 0.4) is 0 Å². The Hall–Kier alpha value is -1.65. The Labute approximate surface area is 101 Å². The van der Waals surface area contributed by atoms with E-state index in [1.807, 2.05) is 37.4 Å². The first kappa shape index (κ1) is 11.8. The molecule has 2 heterocycles. The van der Waals surface area contributed by atoms with Crippen LogP contribution in [0.1, 0.15) is 17.5 Å². The second-order valence-corrected chi connectivity index (χ2v) is 4.00. The van der Waals surface area contributed by atoms with Crippen LogP contribution in [0.4, 0.5) is 0 Å². The van der Waals surface area contributed by atoms with Crippen molar-refractivity contribution < 1.29 is 4.42 Å². The maximum atomic E-state index is 5.80. The van der Waals surface area contributed by atoms with Crippen LogP contribution in [0.5, 0.6) is 0 Å². The molecule has 0 aliphatic heterocycles. The van der Waals surface area contributed by atoms with Crippen LogP contribution >= 0.6 is 0 Å². The number of likely N-dealkylation sites (N-methyl/N-ethyl adjacent to an activating group) is 1. The van der Waals surface area contributed by atoms with Gasteiger partial charge >= 0.3 is 0 Å². The highest BCUT2D eigenvalue weighted by atomic mass is 16.3. The highest BCUT2D eigenvalue weighted by Crippen LogP contribution is 2.19. The molecule has 0 aromatic carbocycles. The fourth-order valence-electron chi connectivity index (χ4n) is 1.85. The molecule has 2 N–H and O–H groups in total. The van der Waals surface area contributed by atoms with Gasteiger partial charge in [0.1, 0.15) is 5.76 Å². The molecule has 90 valence electrons. The number of nitrogens with zero attached hydrogens (tertiary/aromatic N) is 2. The molecule has 17 heavy (non-hydrogen) atoms. The van der Waals surface area contributed by atoms with E-state index in [0.717, 1.165) is 18.0 Å². The first-order valence-corrected chi connectivity index (χ1v) is 5.65. The van der Waals surface area contributed by atoms with Gasteiger partial charge in [-0.3, -0.25) is 9.88 Å². The van der Waals surface area contributed by atoms with Crippen LogP contribution in [0.25, 0.3) is 0 Å². The van der Waals surface area contributed by atoms with Gasteiger partial charge in [0, 0.05) is 19.3 Å². The lowest BCUT2D eigenvalue weighted by Crippen LogP contribution is -2.30. The number of hydrogen-bond acceptors (Lipinski definition) is 4. The lowest BCUT2D eigenvalue weighted by atomic mass is 10.2. The number of rotatable bonds is 5. The molecule has 0 bridgehead atoms. The standard InChI is InChI=1S/C13H17N3O/c1-16(10-11-5-2-3-7-15-11)12(9-14)13-6-4-8-17-13/h2-8,12H,9-10,14H2,1H3. The Morgan fingerprint density at radius 2 is 2.24 bits per heavy atom. The molecule has 0 aliphatic rings. The molecule has 2 rings (SSSR count). The highest BCUT2D eigenvalue weighted by molar-refractivity contribution is 5.07. The Balaban J connectivity index is 2.06. The molecular weight excluding hydrogens is 214 g/mol. The summed E-state index contributed by atoms with van der Waals surface area (Å²) in [5.41, 5.74) is 6.82. The largest absolute Gasteiger partial charge is 0.468 e. The van der Waals surface area contributed by atoms with Gasteiger partial charge in [-0.2, -0.15) is 0 Å². The van der Waals surface area contributed by atoms with Crippen LogP contribution in [0.2, 0.25) is 0 Å². The summed E-state index contributed by atoms with van der Waals surface area (Å²) in [4.78, 5) is 6.44. The minimum atomic E-state index is 0.0898. The summed E-state index contributed by atoms with van der Waals surface area (Å²) in [6.07, 6.45) is 3.47. The van der Waals surface area contributed by atoms with E-state index in [1.165, 1.54) is 0 Å². The maximum Gasteiger partial charge on any atom is 0.122 e. The molecule has 0 aliphatic carbocycles. The van der Waals surface area contributed by atoms with E-state index in [1.54, 1.807) is 12.5 Å². The predicted octanol–water partition coefficient (Wildman–Crippen LogP) is 1.81. The van der Waals surface area contributed by atoms with Crippen molar-refractivity contribution in [2.24, 2.45) is 5.73 Å². The summed E-state index contributed by atoms with van der Waals surface area (Å²) in [6.45, 7) is 1.28. The topological polar surface area (TPSA) is 55.3 Å². The van der Waals surface area contributed by atoms with Crippen molar-refractivity contribution in [3.63, 3.8) is 0 Å². The average molecular weight is 231 g/mol. The van der Waals surface area contributed by atoms with Gasteiger partial charge in [-0.25, -0.2) is 0 Å². The summed E-state index contributed by atoms with van der Waals surface area (Å²) in [5, 5.41) is 0. The van der Waals surface area contributed by atoms with Crippen molar-refractivity contribution >= 4 is 0 Å². The number of pyridine rings is 1. The number of nitrogens with two attached hydrogens (primary N) is 1. The van der Waals surface area contributed by atoms with Gasteiger partial charge in [-0.15, -0.1) is 0 Å². The van der Waals surface area contributed by atoms with E-state index < -0.39 is 0 Å². The smallest absolute Gasteiger partial charge is 0.122 e. The summed E-state index contributed by atoms with van der Waals surface area (Å²) in [5.74, 6) is 0.894. The molecule has 0 saturated carbocycles. The zero-order valence-corrected chi connectivity index (χ0v) is 9.91. The summed E-state index contributed by atoms with van der Waals surface area (Å²) in [6, 6.07) is 9.83. The molecule has 0 saturated heterocycles. The van der Waals surface area contributed by atoms with Crippen molar-refractivity contribution in [3.05, 3.63) is 54.2 Å². The molecule has 0 spiro atoms. The van der Waals surface area contributed by atoms with Gasteiger partial charge in [0.2, 0.25) is 0 Å². The summed E-state index contributed by atoms with van der Waals surface area (Å²) >= 11 is 0. The molecule has 4 heteroatoms. The van der Waals surface area contributed by atoms with Crippen LogP contribution in [-0.4, -0.2) is 23.5 Å². The van der Waals surface area contributed by atoms with Crippen molar-refractivity contribution in [2.45, 2.75) is 12.6 Å². The maximum absolute atomic E-state index is 5.80. The molecule has 0 radical (unpaired) electrons. The molecule has 1 atom stereocenters. The third-order valence-electron chi connectivity index (χ3n) is 2.76. The minimum Gasteiger partial charge on any atom is -0.468 e. The van der Waals surface area contributed by atoms with Crippen LogP contribution < -0.4 is 5.73 Å². The Morgan fingerprint density at radius 1 is 1.35 bits per heavy atom. The first-order chi connectivity index (χ1) is 8.31. The monoisotopic (exact) mass is 231 g/mol. The highest BCUT2D eigenvalue weighted by Gasteiger charge is 2.18. The van der Waals surface area contributed by atoms with Crippen molar-refractivity contribution in [1.29, 1.82) is 0 Å². The van der Waals surface area contributed by atoms with E-state index in [4.69, 9.17) is 10.2 Å². The van der Waals surface area contributed by atoms with Crippen LogP contribution in [-0.2, 0) is 6.54 Å². The van der Waals surface area contributed by atoms with Gasteiger partial charge < -0.3 is 10.2 Å².